The molecule has 0 bridgehead atoms. The first-order chi connectivity index (χ1) is 11.6. The normalized spacial score (nSPS) is 11.0. The molecule has 3 aromatic carbocycles. The first-order valence-corrected chi connectivity index (χ1v) is 7.44. The van der Waals surface area contributed by atoms with Crippen LogP contribution in [0.2, 0.25) is 0 Å². The van der Waals surface area contributed by atoms with E-state index in [4.69, 9.17) is 0 Å². The lowest BCUT2D eigenvalue weighted by Gasteiger charge is -2.07. The number of aromatic nitrogens is 1. The maximum atomic E-state index is 13.4. The third-order valence-corrected chi connectivity index (χ3v) is 4.06. The van der Waals surface area contributed by atoms with E-state index in [1.807, 2.05) is 36.4 Å². The van der Waals surface area contributed by atoms with E-state index >= 15 is 0 Å². The van der Waals surface area contributed by atoms with Crippen LogP contribution in [0.5, 0.6) is 5.75 Å². The molecule has 0 aliphatic heterocycles. The molecule has 0 aliphatic carbocycles. The molecule has 0 radical (unpaired) electrons. The zero-order chi connectivity index (χ0) is 16.7. The highest BCUT2D eigenvalue weighted by molar-refractivity contribution is 6.14. The van der Waals surface area contributed by atoms with Gasteiger partial charge in [-0.15, -0.1) is 0 Å². The smallest absolute Gasteiger partial charge is 0.198 e. The highest BCUT2D eigenvalue weighted by atomic mass is 19.1. The van der Waals surface area contributed by atoms with Gasteiger partial charge in [0.2, 0.25) is 0 Å². The Labute approximate surface area is 137 Å². The maximum absolute atomic E-state index is 13.4. The molecule has 0 aliphatic rings. The molecule has 4 aromatic rings. The molecule has 3 nitrogen and oxygen atoms in total. The van der Waals surface area contributed by atoms with Crippen LogP contribution in [0.15, 0.2) is 66.9 Å². The molecule has 0 fully saturated rings. The lowest BCUT2D eigenvalue weighted by Crippen LogP contribution is -2.03. The van der Waals surface area contributed by atoms with Crippen molar-refractivity contribution in [3.05, 3.63) is 83.8 Å². The van der Waals surface area contributed by atoms with Gasteiger partial charge in [0.25, 0.3) is 0 Å². The van der Waals surface area contributed by atoms with Gasteiger partial charge in [-0.2, -0.15) is 0 Å². The Balaban J connectivity index is 1.92. The van der Waals surface area contributed by atoms with Crippen LogP contribution in [0, 0.1) is 5.82 Å². The van der Waals surface area contributed by atoms with E-state index in [1.165, 1.54) is 12.3 Å². The molecule has 0 unspecified atom stereocenters. The fourth-order valence-corrected chi connectivity index (χ4v) is 2.85. The number of fused-ring (bicyclic) bond motifs is 3. The van der Waals surface area contributed by atoms with Gasteiger partial charge in [0, 0.05) is 17.1 Å². The highest BCUT2D eigenvalue weighted by Gasteiger charge is 2.16. The summed E-state index contributed by atoms with van der Waals surface area (Å²) in [6.45, 7) is 0. The molecular weight excluding hydrogens is 305 g/mol. The van der Waals surface area contributed by atoms with Crippen molar-refractivity contribution < 1.29 is 14.3 Å². The number of pyridine rings is 1. The number of halogens is 1. The second-order valence-electron chi connectivity index (χ2n) is 5.57. The van der Waals surface area contributed by atoms with Gasteiger partial charge in [-0.05, 0) is 41.1 Å². The van der Waals surface area contributed by atoms with Crippen molar-refractivity contribution in [1.82, 2.24) is 4.98 Å². The second kappa shape index (κ2) is 5.42. The van der Waals surface area contributed by atoms with Gasteiger partial charge in [0.1, 0.15) is 11.6 Å². The third kappa shape index (κ3) is 2.29. The molecule has 0 atom stereocenters. The van der Waals surface area contributed by atoms with Crippen molar-refractivity contribution >= 4 is 27.5 Å². The predicted molar refractivity (Wildman–Crippen MR) is 90.7 cm³/mol. The maximum Gasteiger partial charge on any atom is 0.198 e. The van der Waals surface area contributed by atoms with E-state index in [2.05, 4.69) is 4.98 Å². The van der Waals surface area contributed by atoms with Crippen molar-refractivity contribution in [2.24, 2.45) is 0 Å². The molecule has 1 heterocycles. The molecule has 0 amide bonds. The Morgan fingerprint density at radius 2 is 1.79 bits per heavy atom. The number of ketones is 1. The number of nitrogens with zero attached hydrogens (tertiary/aromatic N) is 1. The van der Waals surface area contributed by atoms with Crippen molar-refractivity contribution in [1.29, 1.82) is 0 Å². The van der Waals surface area contributed by atoms with Crippen LogP contribution in [0.1, 0.15) is 15.9 Å². The van der Waals surface area contributed by atoms with Crippen molar-refractivity contribution in [2.75, 3.05) is 0 Å². The van der Waals surface area contributed by atoms with Crippen molar-refractivity contribution in [2.45, 2.75) is 0 Å². The highest BCUT2D eigenvalue weighted by Crippen LogP contribution is 2.27. The summed E-state index contributed by atoms with van der Waals surface area (Å²) < 4.78 is 13.4. The summed E-state index contributed by atoms with van der Waals surface area (Å²) in [6.07, 6.45) is 1.45. The molecule has 1 aromatic heterocycles. The molecule has 116 valence electrons. The van der Waals surface area contributed by atoms with Gasteiger partial charge in [0.05, 0.1) is 11.1 Å². The largest absolute Gasteiger partial charge is 0.507 e. The summed E-state index contributed by atoms with van der Waals surface area (Å²) in [6, 6.07) is 16.7. The number of hydrogen-bond acceptors (Lipinski definition) is 3. The first-order valence-electron chi connectivity index (χ1n) is 7.44. The predicted octanol–water partition coefficient (Wildman–Crippen LogP) is 4.46. The number of benzene rings is 3. The van der Waals surface area contributed by atoms with Crippen LogP contribution in [0.3, 0.4) is 0 Å². The minimum Gasteiger partial charge on any atom is -0.507 e. The summed E-state index contributed by atoms with van der Waals surface area (Å²) >= 11 is 0. The van der Waals surface area contributed by atoms with Crippen LogP contribution < -0.4 is 0 Å². The number of carbonyl (C=O) groups is 1. The van der Waals surface area contributed by atoms with Crippen LogP contribution in [0.25, 0.3) is 21.7 Å². The Hall–Kier alpha value is -3.27. The molecule has 0 spiro atoms. The SMILES string of the molecule is O=C(c1cnc2ccc3ccccc3c2c1)c1cc(F)ccc1O. The summed E-state index contributed by atoms with van der Waals surface area (Å²) in [5.41, 5.74) is 1.00. The van der Waals surface area contributed by atoms with E-state index < -0.39 is 11.6 Å². The fourth-order valence-electron chi connectivity index (χ4n) is 2.85. The van der Waals surface area contributed by atoms with Gasteiger partial charge in [0.15, 0.2) is 5.78 Å². The van der Waals surface area contributed by atoms with Gasteiger partial charge >= 0.3 is 0 Å². The third-order valence-electron chi connectivity index (χ3n) is 4.06. The van der Waals surface area contributed by atoms with Crippen LogP contribution in [0.4, 0.5) is 4.39 Å². The standard InChI is InChI=1S/C20H12FNO2/c21-14-6-8-19(23)17(10-14)20(24)13-9-16-15-4-2-1-3-12(15)5-7-18(16)22-11-13/h1-11,23H. The van der Waals surface area contributed by atoms with E-state index in [9.17, 15) is 14.3 Å². The molecule has 4 rings (SSSR count). The Morgan fingerprint density at radius 1 is 0.958 bits per heavy atom. The Bertz CT molecular complexity index is 1110. The topological polar surface area (TPSA) is 50.2 Å². The number of aromatic hydroxyl groups is 1. The monoisotopic (exact) mass is 317 g/mol. The van der Waals surface area contributed by atoms with Crippen LogP contribution in [-0.2, 0) is 0 Å². The lowest BCUT2D eigenvalue weighted by atomic mass is 9.99. The van der Waals surface area contributed by atoms with Crippen LogP contribution in [-0.4, -0.2) is 15.9 Å². The van der Waals surface area contributed by atoms with Crippen LogP contribution >= 0.6 is 0 Å². The Kier molecular flexibility index (Phi) is 3.24. The lowest BCUT2D eigenvalue weighted by molar-refractivity contribution is 0.103. The van der Waals surface area contributed by atoms with Gasteiger partial charge in [-0.25, -0.2) is 4.39 Å². The van der Waals surface area contributed by atoms with Gasteiger partial charge in [-0.3, -0.25) is 9.78 Å². The van der Waals surface area contributed by atoms with E-state index in [0.29, 0.717) is 5.56 Å². The molecular formula is C20H12FNO2. The Morgan fingerprint density at radius 3 is 2.67 bits per heavy atom. The molecule has 4 heteroatoms. The zero-order valence-corrected chi connectivity index (χ0v) is 12.5. The molecule has 0 saturated carbocycles. The molecule has 24 heavy (non-hydrogen) atoms. The average Bonchev–Trinajstić information content (AvgIpc) is 2.62. The summed E-state index contributed by atoms with van der Waals surface area (Å²) in [7, 11) is 0. The zero-order valence-electron chi connectivity index (χ0n) is 12.5. The van der Waals surface area contributed by atoms with E-state index in [0.717, 1.165) is 33.8 Å². The number of phenolic OH excluding ortho intramolecular Hbond substituents is 1. The summed E-state index contributed by atoms with van der Waals surface area (Å²) in [5.74, 6) is -1.29. The molecule has 1 N–H and O–H groups in total. The number of phenols is 1. The number of carbonyl (C=O) groups excluding carboxylic acids is 1. The van der Waals surface area contributed by atoms with Gasteiger partial charge in [-0.1, -0.05) is 30.3 Å². The summed E-state index contributed by atoms with van der Waals surface area (Å²) in [4.78, 5) is 17.0. The van der Waals surface area contributed by atoms with Gasteiger partial charge < -0.3 is 5.11 Å². The molecule has 0 saturated heterocycles. The van der Waals surface area contributed by atoms with Crippen molar-refractivity contribution in [3.63, 3.8) is 0 Å². The summed E-state index contributed by atoms with van der Waals surface area (Å²) in [5, 5.41) is 12.7. The minimum absolute atomic E-state index is 0.0728. The minimum atomic E-state index is -0.574. The number of rotatable bonds is 2. The fraction of sp³-hybridized carbons (Fsp3) is 0. The average molecular weight is 317 g/mol. The second-order valence-corrected chi connectivity index (χ2v) is 5.57. The quantitative estimate of drug-likeness (QED) is 0.438. The van der Waals surface area contributed by atoms with E-state index in [-0.39, 0.29) is 11.3 Å². The number of hydrogen-bond donors (Lipinski definition) is 1. The van der Waals surface area contributed by atoms with E-state index in [1.54, 1.807) is 6.07 Å². The first kappa shape index (κ1) is 14.3. The van der Waals surface area contributed by atoms with Crippen molar-refractivity contribution in [3.8, 4) is 5.75 Å².